The molecule has 0 aromatic heterocycles. The van der Waals surface area contributed by atoms with Crippen LogP contribution in [0.5, 0.6) is 0 Å². The summed E-state index contributed by atoms with van der Waals surface area (Å²) in [6.07, 6.45) is 1.06. The molecule has 1 aliphatic rings. The van der Waals surface area contributed by atoms with Gasteiger partial charge < -0.3 is 10.6 Å². The minimum absolute atomic E-state index is 0.000480. The van der Waals surface area contributed by atoms with Crippen LogP contribution in [0.3, 0.4) is 0 Å². The van der Waals surface area contributed by atoms with Crippen molar-refractivity contribution in [2.75, 3.05) is 27.2 Å². The number of hydrogen-bond acceptors (Lipinski definition) is 3. The number of rotatable bonds is 4. The molecule has 1 aromatic rings. The van der Waals surface area contributed by atoms with Gasteiger partial charge in [-0.25, -0.2) is 4.39 Å². The van der Waals surface area contributed by atoms with Gasteiger partial charge in [0.1, 0.15) is 5.82 Å². The number of likely N-dealkylation sites (tertiary alicyclic amines) is 1. The summed E-state index contributed by atoms with van der Waals surface area (Å²) in [4.78, 5) is 4.62. The Labute approximate surface area is 115 Å². The molecule has 0 radical (unpaired) electrons. The van der Waals surface area contributed by atoms with Crippen molar-refractivity contribution in [1.82, 2.24) is 9.80 Å². The van der Waals surface area contributed by atoms with E-state index in [2.05, 4.69) is 30.8 Å². The lowest BCUT2D eigenvalue weighted by molar-refractivity contribution is 0.126. The molecule has 2 unspecified atom stereocenters. The molecule has 0 saturated carbocycles. The van der Waals surface area contributed by atoms with Gasteiger partial charge in [0.05, 0.1) is 0 Å². The number of likely N-dealkylation sites (N-methyl/N-ethyl adjacent to an activating group) is 2. The highest BCUT2D eigenvalue weighted by molar-refractivity contribution is 5.17. The van der Waals surface area contributed by atoms with Crippen LogP contribution in [0.15, 0.2) is 24.3 Å². The van der Waals surface area contributed by atoms with Crippen LogP contribution in [0.4, 0.5) is 4.39 Å². The zero-order valence-electron chi connectivity index (χ0n) is 12.1. The van der Waals surface area contributed by atoms with Crippen molar-refractivity contribution < 1.29 is 4.39 Å². The first-order valence-corrected chi connectivity index (χ1v) is 6.83. The predicted molar refractivity (Wildman–Crippen MR) is 76.4 cm³/mol. The molecule has 2 N–H and O–H groups in total. The SMILES string of the molecule is CC1CC(CN)(N(C)Cc2cccc(F)c2)CN1C. The maximum Gasteiger partial charge on any atom is 0.123 e. The highest BCUT2D eigenvalue weighted by atomic mass is 19.1. The molecule has 0 amide bonds. The van der Waals surface area contributed by atoms with Gasteiger partial charge >= 0.3 is 0 Å². The third kappa shape index (κ3) is 2.96. The second-order valence-corrected chi connectivity index (χ2v) is 5.88. The Hall–Kier alpha value is -0.970. The zero-order valence-corrected chi connectivity index (χ0v) is 12.1. The van der Waals surface area contributed by atoms with Crippen molar-refractivity contribution in [3.63, 3.8) is 0 Å². The lowest BCUT2D eigenvalue weighted by Gasteiger charge is -2.38. The van der Waals surface area contributed by atoms with Crippen LogP contribution in [0.1, 0.15) is 18.9 Å². The highest BCUT2D eigenvalue weighted by Crippen LogP contribution is 2.30. The van der Waals surface area contributed by atoms with Crippen molar-refractivity contribution in [1.29, 1.82) is 0 Å². The van der Waals surface area contributed by atoms with Gasteiger partial charge in [0, 0.05) is 31.2 Å². The Balaban J connectivity index is 2.12. The van der Waals surface area contributed by atoms with E-state index in [4.69, 9.17) is 5.73 Å². The fourth-order valence-corrected chi connectivity index (χ4v) is 3.05. The molecule has 1 aliphatic heterocycles. The maximum absolute atomic E-state index is 13.2. The Morgan fingerprint density at radius 1 is 1.53 bits per heavy atom. The molecular formula is C15H24FN3. The second-order valence-electron chi connectivity index (χ2n) is 5.88. The van der Waals surface area contributed by atoms with Crippen molar-refractivity contribution in [3.8, 4) is 0 Å². The van der Waals surface area contributed by atoms with E-state index in [9.17, 15) is 4.39 Å². The Morgan fingerprint density at radius 3 is 2.79 bits per heavy atom. The third-order valence-electron chi connectivity index (χ3n) is 4.47. The van der Waals surface area contributed by atoms with Crippen LogP contribution in [0.2, 0.25) is 0 Å². The lowest BCUT2D eigenvalue weighted by Crippen LogP contribution is -2.53. The van der Waals surface area contributed by atoms with Gasteiger partial charge in [-0.15, -0.1) is 0 Å². The van der Waals surface area contributed by atoms with E-state index in [1.165, 1.54) is 6.07 Å². The van der Waals surface area contributed by atoms with Gasteiger partial charge in [0.2, 0.25) is 0 Å². The lowest BCUT2D eigenvalue weighted by atomic mass is 9.94. The third-order valence-corrected chi connectivity index (χ3v) is 4.47. The fraction of sp³-hybridized carbons (Fsp3) is 0.600. The number of nitrogens with zero attached hydrogens (tertiary/aromatic N) is 2. The van der Waals surface area contributed by atoms with E-state index in [0.717, 1.165) is 25.1 Å². The summed E-state index contributed by atoms with van der Waals surface area (Å²) in [5.74, 6) is -0.176. The standard InChI is InChI=1S/C15H24FN3/c1-12-8-15(10-17,11-18(12)2)19(3)9-13-5-4-6-14(16)7-13/h4-7,12H,8-11,17H2,1-3H3. The van der Waals surface area contributed by atoms with Crippen molar-refractivity contribution in [2.45, 2.75) is 31.5 Å². The van der Waals surface area contributed by atoms with E-state index in [0.29, 0.717) is 12.6 Å². The summed E-state index contributed by atoms with van der Waals surface area (Å²) in [5, 5.41) is 0. The Bertz CT molecular complexity index is 425. The number of hydrogen-bond donors (Lipinski definition) is 1. The van der Waals surface area contributed by atoms with Crippen molar-refractivity contribution in [2.24, 2.45) is 5.73 Å². The first kappa shape index (κ1) is 14.4. The first-order chi connectivity index (χ1) is 8.97. The summed E-state index contributed by atoms with van der Waals surface area (Å²) in [5.41, 5.74) is 7.03. The minimum atomic E-state index is -0.176. The summed E-state index contributed by atoms with van der Waals surface area (Å²) in [7, 11) is 4.22. The monoisotopic (exact) mass is 265 g/mol. The van der Waals surface area contributed by atoms with Gasteiger partial charge in [-0.2, -0.15) is 0 Å². The Kier molecular flexibility index (Phi) is 4.23. The van der Waals surface area contributed by atoms with Gasteiger partial charge in [-0.3, -0.25) is 4.90 Å². The van der Waals surface area contributed by atoms with Crippen LogP contribution < -0.4 is 5.73 Å². The normalized spacial score (nSPS) is 28.2. The van der Waals surface area contributed by atoms with Crippen LogP contribution in [-0.4, -0.2) is 48.6 Å². The maximum atomic E-state index is 13.2. The van der Waals surface area contributed by atoms with Crippen LogP contribution >= 0.6 is 0 Å². The largest absolute Gasteiger partial charge is 0.329 e. The molecule has 0 bridgehead atoms. The van der Waals surface area contributed by atoms with Gasteiger partial charge in [-0.1, -0.05) is 12.1 Å². The summed E-state index contributed by atoms with van der Waals surface area (Å²) in [6.45, 7) is 4.56. The molecule has 3 nitrogen and oxygen atoms in total. The van der Waals surface area contributed by atoms with Crippen LogP contribution in [0.25, 0.3) is 0 Å². The molecule has 1 saturated heterocycles. The first-order valence-electron chi connectivity index (χ1n) is 6.83. The van der Waals surface area contributed by atoms with E-state index in [-0.39, 0.29) is 11.4 Å². The van der Waals surface area contributed by atoms with Crippen molar-refractivity contribution >= 4 is 0 Å². The molecule has 1 fully saturated rings. The summed E-state index contributed by atoms with van der Waals surface area (Å²) < 4.78 is 13.2. The molecule has 2 atom stereocenters. The van der Waals surface area contributed by atoms with Gasteiger partial charge in [0.15, 0.2) is 0 Å². The fourth-order valence-electron chi connectivity index (χ4n) is 3.05. The van der Waals surface area contributed by atoms with E-state index >= 15 is 0 Å². The van der Waals surface area contributed by atoms with E-state index < -0.39 is 0 Å². The van der Waals surface area contributed by atoms with Crippen LogP contribution in [-0.2, 0) is 6.54 Å². The number of nitrogens with two attached hydrogens (primary N) is 1. The number of benzene rings is 1. The van der Waals surface area contributed by atoms with E-state index in [1.807, 2.05) is 6.07 Å². The molecular weight excluding hydrogens is 241 g/mol. The molecule has 106 valence electrons. The molecule has 19 heavy (non-hydrogen) atoms. The van der Waals surface area contributed by atoms with Gasteiger partial charge in [-0.05, 0) is 45.1 Å². The topological polar surface area (TPSA) is 32.5 Å². The molecule has 1 heterocycles. The smallest absolute Gasteiger partial charge is 0.123 e. The zero-order chi connectivity index (χ0) is 14.0. The minimum Gasteiger partial charge on any atom is -0.329 e. The van der Waals surface area contributed by atoms with E-state index in [1.54, 1.807) is 12.1 Å². The van der Waals surface area contributed by atoms with Gasteiger partial charge in [0.25, 0.3) is 0 Å². The molecule has 4 heteroatoms. The Morgan fingerprint density at radius 2 is 2.26 bits per heavy atom. The molecule has 2 rings (SSSR count). The second kappa shape index (κ2) is 5.57. The average molecular weight is 265 g/mol. The highest BCUT2D eigenvalue weighted by Gasteiger charge is 2.42. The molecule has 1 aromatic carbocycles. The predicted octanol–water partition coefficient (Wildman–Crippen LogP) is 1.68. The van der Waals surface area contributed by atoms with Crippen LogP contribution in [0, 0.1) is 5.82 Å². The molecule has 0 aliphatic carbocycles. The average Bonchev–Trinajstić information content (AvgIpc) is 2.66. The number of halogens is 1. The summed E-state index contributed by atoms with van der Waals surface area (Å²) in [6, 6.07) is 7.35. The summed E-state index contributed by atoms with van der Waals surface area (Å²) >= 11 is 0. The van der Waals surface area contributed by atoms with Crippen molar-refractivity contribution in [3.05, 3.63) is 35.6 Å². The molecule has 0 spiro atoms. The quantitative estimate of drug-likeness (QED) is 0.899.